The van der Waals surface area contributed by atoms with Crippen LogP contribution >= 0.6 is 11.3 Å². The minimum Gasteiger partial charge on any atom is -0.325 e. The Bertz CT molecular complexity index is 670. The second-order valence-corrected chi connectivity index (χ2v) is 6.97. The van der Waals surface area contributed by atoms with E-state index in [4.69, 9.17) is 0 Å². The molecule has 1 aromatic carbocycles. The number of fused-ring (bicyclic) bond motifs is 1. The van der Waals surface area contributed by atoms with E-state index >= 15 is 0 Å². The summed E-state index contributed by atoms with van der Waals surface area (Å²) in [6.07, 6.45) is 3.71. The number of benzene rings is 1. The van der Waals surface area contributed by atoms with E-state index in [-0.39, 0.29) is 11.3 Å². The molecule has 21 heavy (non-hydrogen) atoms. The fourth-order valence-corrected chi connectivity index (χ4v) is 4.10. The monoisotopic (exact) mass is 299 g/mol. The quantitative estimate of drug-likeness (QED) is 0.927. The zero-order valence-corrected chi connectivity index (χ0v) is 12.5. The standard InChI is InChI=1S/C16H17N3OS/c20-15-16(7-12-3-1-2-4-14(12)18-15)5-6-19(10-16)9-13-8-17-11-21-13/h1-4,8,11H,5-7,9-10H2,(H,18,20). The van der Waals surface area contributed by atoms with Crippen LogP contribution in [0.15, 0.2) is 36.0 Å². The Kier molecular flexibility index (Phi) is 3.05. The smallest absolute Gasteiger partial charge is 0.232 e. The van der Waals surface area contributed by atoms with Gasteiger partial charge in [-0.1, -0.05) is 18.2 Å². The van der Waals surface area contributed by atoms with Crippen LogP contribution < -0.4 is 5.32 Å². The Labute approximate surface area is 127 Å². The highest BCUT2D eigenvalue weighted by molar-refractivity contribution is 7.09. The Morgan fingerprint density at radius 1 is 1.38 bits per heavy atom. The number of amides is 1. The molecular weight excluding hydrogens is 282 g/mol. The third kappa shape index (κ3) is 2.26. The molecule has 0 saturated carbocycles. The van der Waals surface area contributed by atoms with Crippen molar-refractivity contribution in [3.8, 4) is 0 Å². The molecule has 0 aliphatic carbocycles. The van der Waals surface area contributed by atoms with Crippen LogP contribution in [0.3, 0.4) is 0 Å². The second kappa shape index (κ2) is 4.93. The number of carbonyl (C=O) groups is 1. The van der Waals surface area contributed by atoms with Crippen LogP contribution in [0.25, 0.3) is 0 Å². The van der Waals surface area contributed by atoms with E-state index in [1.807, 2.05) is 29.9 Å². The van der Waals surface area contributed by atoms with Crippen molar-refractivity contribution in [2.45, 2.75) is 19.4 Å². The van der Waals surface area contributed by atoms with E-state index in [1.165, 1.54) is 10.4 Å². The average molecular weight is 299 g/mol. The number of thiazole rings is 1. The molecule has 1 N–H and O–H groups in total. The van der Waals surface area contributed by atoms with Crippen molar-refractivity contribution in [2.24, 2.45) is 5.41 Å². The van der Waals surface area contributed by atoms with Crippen LogP contribution in [0.5, 0.6) is 0 Å². The summed E-state index contributed by atoms with van der Waals surface area (Å²) in [5, 5.41) is 3.10. The Morgan fingerprint density at radius 3 is 3.14 bits per heavy atom. The van der Waals surface area contributed by atoms with Gasteiger partial charge in [0, 0.05) is 29.9 Å². The summed E-state index contributed by atoms with van der Waals surface area (Å²) in [5.41, 5.74) is 3.86. The summed E-state index contributed by atoms with van der Waals surface area (Å²) >= 11 is 1.68. The van der Waals surface area contributed by atoms with Crippen LogP contribution in [0.1, 0.15) is 16.9 Å². The maximum Gasteiger partial charge on any atom is 0.232 e. The summed E-state index contributed by atoms with van der Waals surface area (Å²) in [5.74, 6) is 0.188. The van der Waals surface area contributed by atoms with Gasteiger partial charge in [-0.3, -0.25) is 14.7 Å². The number of aromatic nitrogens is 1. The molecule has 5 heteroatoms. The first-order valence-corrected chi connectivity index (χ1v) is 8.12. The summed E-state index contributed by atoms with van der Waals surface area (Å²) in [4.78, 5) is 20.4. The lowest BCUT2D eigenvalue weighted by atomic mass is 9.77. The lowest BCUT2D eigenvalue weighted by Crippen LogP contribution is -2.43. The number of carbonyl (C=O) groups excluding carboxylic acids is 1. The summed E-state index contributed by atoms with van der Waals surface area (Å²) in [7, 11) is 0. The molecule has 1 amide bonds. The number of para-hydroxylation sites is 1. The Balaban J connectivity index is 1.54. The van der Waals surface area contributed by atoms with Gasteiger partial charge in [-0.2, -0.15) is 0 Å². The first kappa shape index (κ1) is 13.0. The maximum absolute atomic E-state index is 12.6. The number of nitrogens with zero attached hydrogens (tertiary/aromatic N) is 2. The second-order valence-electron chi connectivity index (χ2n) is 6.00. The SMILES string of the molecule is O=C1Nc2ccccc2CC12CCN(Cc1cncs1)C2. The summed E-state index contributed by atoms with van der Waals surface area (Å²) in [6, 6.07) is 8.14. The van der Waals surface area contributed by atoms with Gasteiger partial charge in [0.05, 0.1) is 10.9 Å². The molecule has 0 radical (unpaired) electrons. The maximum atomic E-state index is 12.6. The minimum absolute atomic E-state index is 0.188. The van der Waals surface area contributed by atoms with E-state index in [0.717, 1.165) is 38.2 Å². The van der Waals surface area contributed by atoms with Gasteiger partial charge in [-0.15, -0.1) is 11.3 Å². The molecule has 1 atom stereocenters. The molecule has 4 rings (SSSR count). The predicted octanol–water partition coefficient (Wildman–Crippen LogP) is 2.53. The molecule has 0 bridgehead atoms. The largest absolute Gasteiger partial charge is 0.325 e. The third-order valence-electron chi connectivity index (χ3n) is 4.57. The highest BCUT2D eigenvalue weighted by atomic mass is 32.1. The molecule has 108 valence electrons. The molecule has 1 unspecified atom stereocenters. The lowest BCUT2D eigenvalue weighted by molar-refractivity contribution is -0.125. The number of likely N-dealkylation sites (tertiary alicyclic amines) is 1. The zero-order valence-electron chi connectivity index (χ0n) is 11.7. The van der Waals surface area contributed by atoms with E-state index in [9.17, 15) is 4.79 Å². The summed E-state index contributed by atoms with van der Waals surface area (Å²) < 4.78 is 0. The first-order valence-electron chi connectivity index (χ1n) is 7.24. The van der Waals surface area contributed by atoms with Crippen molar-refractivity contribution >= 4 is 22.9 Å². The van der Waals surface area contributed by atoms with E-state index < -0.39 is 0 Å². The van der Waals surface area contributed by atoms with Gasteiger partial charge >= 0.3 is 0 Å². The summed E-state index contributed by atoms with van der Waals surface area (Å²) in [6.45, 7) is 2.72. The molecule has 2 aliphatic rings. The zero-order chi connectivity index (χ0) is 14.3. The molecule has 2 aliphatic heterocycles. The number of nitrogens with one attached hydrogen (secondary N) is 1. The molecular formula is C16H17N3OS. The number of rotatable bonds is 2. The third-order valence-corrected chi connectivity index (χ3v) is 5.34. The van der Waals surface area contributed by atoms with Crippen LogP contribution in [0, 0.1) is 5.41 Å². The highest BCUT2D eigenvalue weighted by Crippen LogP contribution is 2.41. The van der Waals surface area contributed by atoms with Gasteiger partial charge in [0.2, 0.25) is 5.91 Å². The molecule has 3 heterocycles. The van der Waals surface area contributed by atoms with Crippen LogP contribution in [-0.4, -0.2) is 28.9 Å². The minimum atomic E-state index is -0.251. The van der Waals surface area contributed by atoms with Gasteiger partial charge in [0.15, 0.2) is 0 Å². The highest BCUT2D eigenvalue weighted by Gasteiger charge is 2.47. The van der Waals surface area contributed by atoms with Gasteiger partial charge in [-0.25, -0.2) is 0 Å². The fraction of sp³-hybridized carbons (Fsp3) is 0.375. The van der Waals surface area contributed by atoms with Crippen LogP contribution in [-0.2, 0) is 17.8 Å². The van der Waals surface area contributed by atoms with Crippen molar-refractivity contribution in [2.75, 3.05) is 18.4 Å². The Morgan fingerprint density at radius 2 is 2.29 bits per heavy atom. The van der Waals surface area contributed by atoms with E-state index in [2.05, 4.69) is 21.3 Å². The van der Waals surface area contributed by atoms with Crippen LogP contribution in [0.4, 0.5) is 5.69 Å². The van der Waals surface area contributed by atoms with Gasteiger partial charge < -0.3 is 5.32 Å². The van der Waals surface area contributed by atoms with Crippen molar-refractivity contribution in [1.29, 1.82) is 0 Å². The van der Waals surface area contributed by atoms with Gasteiger partial charge in [-0.05, 0) is 31.0 Å². The Hall–Kier alpha value is -1.72. The molecule has 1 fully saturated rings. The molecule has 1 aromatic heterocycles. The normalized spacial score (nSPS) is 25.0. The van der Waals surface area contributed by atoms with E-state index in [1.54, 1.807) is 11.3 Å². The van der Waals surface area contributed by atoms with Gasteiger partial charge in [0.1, 0.15) is 0 Å². The van der Waals surface area contributed by atoms with Crippen molar-refractivity contribution in [3.05, 3.63) is 46.4 Å². The number of hydrogen-bond donors (Lipinski definition) is 1. The van der Waals surface area contributed by atoms with Crippen LogP contribution in [0.2, 0.25) is 0 Å². The van der Waals surface area contributed by atoms with Crippen molar-refractivity contribution < 1.29 is 4.79 Å². The molecule has 1 saturated heterocycles. The fourth-order valence-electron chi connectivity index (χ4n) is 3.46. The van der Waals surface area contributed by atoms with E-state index in [0.29, 0.717) is 0 Å². The molecule has 1 spiro atoms. The lowest BCUT2D eigenvalue weighted by Gasteiger charge is -2.33. The number of hydrogen-bond acceptors (Lipinski definition) is 4. The number of anilines is 1. The van der Waals surface area contributed by atoms with Crippen molar-refractivity contribution in [1.82, 2.24) is 9.88 Å². The average Bonchev–Trinajstić information content (AvgIpc) is 3.12. The molecule has 4 nitrogen and oxygen atoms in total. The van der Waals surface area contributed by atoms with Crippen molar-refractivity contribution in [3.63, 3.8) is 0 Å². The predicted molar refractivity (Wildman–Crippen MR) is 83.2 cm³/mol. The van der Waals surface area contributed by atoms with Gasteiger partial charge in [0.25, 0.3) is 0 Å². The molecule has 2 aromatic rings. The first-order chi connectivity index (χ1) is 10.3. The topological polar surface area (TPSA) is 45.2 Å².